The van der Waals surface area contributed by atoms with Crippen molar-refractivity contribution in [2.24, 2.45) is 5.41 Å². The van der Waals surface area contributed by atoms with Crippen molar-refractivity contribution in [1.29, 1.82) is 0 Å². The first-order valence-electron chi connectivity index (χ1n) is 7.87. The van der Waals surface area contributed by atoms with E-state index in [1.165, 1.54) is 6.42 Å². The Labute approximate surface area is 117 Å². The number of allylic oxidation sites excluding steroid dienone is 1. The van der Waals surface area contributed by atoms with Crippen LogP contribution < -0.4 is 0 Å². The smallest absolute Gasteiger partial charge is 0.190 e. The molecular weight excluding hydrogens is 236 g/mol. The summed E-state index contributed by atoms with van der Waals surface area (Å²) in [6, 6.07) is 0. The van der Waals surface area contributed by atoms with Gasteiger partial charge in [0.1, 0.15) is 5.60 Å². The first-order chi connectivity index (χ1) is 8.99. The molecule has 2 heteroatoms. The van der Waals surface area contributed by atoms with E-state index in [0.29, 0.717) is 17.8 Å². The molecule has 0 atom stereocenters. The zero-order valence-corrected chi connectivity index (χ0v) is 12.8. The number of carbonyl (C=O) groups excluding carboxylic acids is 1. The molecule has 0 N–H and O–H groups in total. The maximum atomic E-state index is 12.9. The predicted molar refractivity (Wildman–Crippen MR) is 78.2 cm³/mol. The zero-order valence-electron chi connectivity index (χ0n) is 12.8. The third-order valence-corrected chi connectivity index (χ3v) is 4.83. The van der Waals surface area contributed by atoms with Crippen molar-refractivity contribution in [3.63, 3.8) is 0 Å². The van der Waals surface area contributed by atoms with Crippen molar-refractivity contribution in [2.75, 3.05) is 6.61 Å². The van der Waals surface area contributed by atoms with Crippen LogP contribution in [0.5, 0.6) is 0 Å². The van der Waals surface area contributed by atoms with Crippen LogP contribution in [-0.2, 0) is 9.53 Å². The van der Waals surface area contributed by atoms with Crippen molar-refractivity contribution >= 4 is 5.78 Å². The van der Waals surface area contributed by atoms with E-state index in [1.807, 2.05) is 6.92 Å². The molecule has 0 aromatic carbocycles. The maximum absolute atomic E-state index is 12.9. The number of ketones is 1. The minimum Gasteiger partial charge on any atom is -0.367 e. The van der Waals surface area contributed by atoms with Crippen LogP contribution in [0, 0.1) is 5.41 Å². The Morgan fingerprint density at radius 1 is 1.21 bits per heavy atom. The molecule has 0 spiro atoms. The van der Waals surface area contributed by atoms with Crippen LogP contribution in [-0.4, -0.2) is 18.0 Å². The Kier molecular flexibility index (Phi) is 4.50. The van der Waals surface area contributed by atoms with Crippen LogP contribution in [0.15, 0.2) is 11.6 Å². The summed E-state index contributed by atoms with van der Waals surface area (Å²) in [7, 11) is 0. The number of carbonyl (C=O) groups is 1. The highest BCUT2D eigenvalue weighted by Gasteiger charge is 2.45. The van der Waals surface area contributed by atoms with Gasteiger partial charge in [0.15, 0.2) is 5.78 Å². The zero-order chi connectivity index (χ0) is 13.9. The van der Waals surface area contributed by atoms with Crippen LogP contribution in [0.1, 0.15) is 72.1 Å². The lowest BCUT2D eigenvalue weighted by atomic mass is 9.68. The molecule has 19 heavy (non-hydrogen) atoms. The van der Waals surface area contributed by atoms with Crippen molar-refractivity contribution in [3.05, 3.63) is 11.6 Å². The normalized spacial score (nSPS) is 25.7. The molecule has 2 aliphatic carbocycles. The van der Waals surface area contributed by atoms with Gasteiger partial charge < -0.3 is 4.74 Å². The van der Waals surface area contributed by atoms with Gasteiger partial charge in [-0.1, -0.05) is 19.9 Å². The van der Waals surface area contributed by atoms with E-state index in [0.717, 1.165) is 50.5 Å². The third kappa shape index (κ3) is 3.28. The molecule has 1 fully saturated rings. The highest BCUT2D eigenvalue weighted by Crippen LogP contribution is 2.44. The summed E-state index contributed by atoms with van der Waals surface area (Å²) in [5.74, 6) is 0.296. The molecule has 0 heterocycles. The second kappa shape index (κ2) is 5.78. The van der Waals surface area contributed by atoms with Crippen molar-refractivity contribution in [1.82, 2.24) is 0 Å². The molecule has 1 saturated carbocycles. The third-order valence-electron chi connectivity index (χ3n) is 4.83. The standard InChI is InChI=1S/C17H28O2/c1-4-19-17(12-10-16(2,3)11-13-17)15(18)14-8-6-5-7-9-14/h8H,4-7,9-13H2,1-3H3. The first-order valence-corrected chi connectivity index (χ1v) is 7.87. The molecule has 0 saturated heterocycles. The summed E-state index contributed by atoms with van der Waals surface area (Å²) in [6.45, 7) is 7.24. The Morgan fingerprint density at radius 2 is 1.89 bits per heavy atom. The maximum Gasteiger partial charge on any atom is 0.190 e. The van der Waals surface area contributed by atoms with Gasteiger partial charge in [-0.2, -0.15) is 0 Å². The van der Waals surface area contributed by atoms with Gasteiger partial charge in [-0.3, -0.25) is 4.79 Å². The summed E-state index contributed by atoms with van der Waals surface area (Å²) < 4.78 is 5.99. The average Bonchev–Trinajstić information content (AvgIpc) is 2.42. The highest BCUT2D eigenvalue weighted by atomic mass is 16.5. The monoisotopic (exact) mass is 264 g/mol. The molecule has 108 valence electrons. The van der Waals surface area contributed by atoms with Crippen LogP contribution in [0.3, 0.4) is 0 Å². The number of hydrogen-bond acceptors (Lipinski definition) is 2. The van der Waals surface area contributed by atoms with E-state index in [1.54, 1.807) is 0 Å². The lowest BCUT2D eigenvalue weighted by Gasteiger charge is -2.42. The largest absolute Gasteiger partial charge is 0.367 e. The molecule has 2 rings (SSSR count). The fourth-order valence-corrected chi connectivity index (χ4v) is 3.38. The van der Waals surface area contributed by atoms with Gasteiger partial charge >= 0.3 is 0 Å². The summed E-state index contributed by atoms with van der Waals surface area (Å²) in [4.78, 5) is 12.9. The van der Waals surface area contributed by atoms with E-state index in [2.05, 4.69) is 19.9 Å². The number of rotatable bonds is 4. The Balaban J connectivity index is 2.15. The Morgan fingerprint density at radius 3 is 2.42 bits per heavy atom. The summed E-state index contributed by atoms with van der Waals surface area (Å²) in [5, 5.41) is 0. The average molecular weight is 264 g/mol. The Bertz CT molecular complexity index is 355. The van der Waals surface area contributed by atoms with Crippen molar-refractivity contribution in [2.45, 2.75) is 77.7 Å². The highest BCUT2D eigenvalue weighted by molar-refractivity contribution is 6.02. The fourth-order valence-electron chi connectivity index (χ4n) is 3.38. The van der Waals surface area contributed by atoms with Crippen molar-refractivity contribution in [3.8, 4) is 0 Å². The second-order valence-electron chi connectivity index (χ2n) is 6.90. The molecule has 0 aliphatic heterocycles. The van der Waals surface area contributed by atoms with Crippen LogP contribution >= 0.6 is 0 Å². The molecule has 0 amide bonds. The van der Waals surface area contributed by atoms with E-state index < -0.39 is 5.60 Å². The van der Waals surface area contributed by atoms with Gasteiger partial charge in [0.2, 0.25) is 0 Å². The summed E-state index contributed by atoms with van der Waals surface area (Å²) in [6.07, 6.45) is 10.5. The predicted octanol–water partition coefficient (Wildman–Crippen LogP) is 4.43. The quantitative estimate of drug-likeness (QED) is 0.750. The van der Waals surface area contributed by atoms with Gasteiger partial charge in [0.05, 0.1) is 0 Å². The molecular formula is C17H28O2. The van der Waals surface area contributed by atoms with Gasteiger partial charge in [0, 0.05) is 6.61 Å². The molecule has 2 nitrogen and oxygen atoms in total. The number of Topliss-reactive ketones (excluding diaryl/α,β-unsaturated/α-hetero) is 1. The van der Waals surface area contributed by atoms with E-state index >= 15 is 0 Å². The first kappa shape index (κ1) is 14.8. The van der Waals surface area contributed by atoms with E-state index in [-0.39, 0.29) is 0 Å². The topological polar surface area (TPSA) is 26.3 Å². The minimum atomic E-state index is -0.507. The van der Waals surface area contributed by atoms with Crippen LogP contribution in [0.2, 0.25) is 0 Å². The number of hydrogen-bond donors (Lipinski definition) is 0. The van der Waals surface area contributed by atoms with Gasteiger partial charge in [-0.25, -0.2) is 0 Å². The number of ether oxygens (including phenoxy) is 1. The van der Waals surface area contributed by atoms with E-state index in [4.69, 9.17) is 4.74 Å². The fraction of sp³-hybridized carbons (Fsp3) is 0.824. The van der Waals surface area contributed by atoms with Crippen LogP contribution in [0.25, 0.3) is 0 Å². The van der Waals surface area contributed by atoms with Crippen LogP contribution in [0.4, 0.5) is 0 Å². The summed E-state index contributed by atoms with van der Waals surface area (Å²) in [5.41, 5.74) is 0.898. The van der Waals surface area contributed by atoms with Gasteiger partial charge in [-0.15, -0.1) is 0 Å². The summed E-state index contributed by atoms with van der Waals surface area (Å²) >= 11 is 0. The lowest BCUT2D eigenvalue weighted by Crippen LogP contribution is -2.47. The van der Waals surface area contributed by atoms with Gasteiger partial charge in [0.25, 0.3) is 0 Å². The minimum absolute atomic E-state index is 0.296. The molecule has 0 aromatic heterocycles. The van der Waals surface area contributed by atoms with Gasteiger partial charge in [-0.05, 0) is 69.3 Å². The van der Waals surface area contributed by atoms with E-state index in [9.17, 15) is 4.79 Å². The second-order valence-corrected chi connectivity index (χ2v) is 6.90. The lowest BCUT2D eigenvalue weighted by molar-refractivity contribution is -0.148. The van der Waals surface area contributed by atoms with Crippen molar-refractivity contribution < 1.29 is 9.53 Å². The molecule has 0 unspecified atom stereocenters. The molecule has 0 bridgehead atoms. The molecule has 2 aliphatic rings. The SMILES string of the molecule is CCOC1(C(=O)C2=CCCCC2)CCC(C)(C)CC1. The Hall–Kier alpha value is -0.630. The molecule has 0 radical (unpaired) electrons. The molecule has 0 aromatic rings.